The second-order valence-electron chi connectivity index (χ2n) is 5.19. The number of hydrogen-bond donors (Lipinski definition) is 1. The van der Waals surface area contributed by atoms with Gasteiger partial charge in [0.1, 0.15) is 17.7 Å². The van der Waals surface area contributed by atoms with Crippen LogP contribution in [-0.4, -0.2) is 33.6 Å². The first-order valence-corrected chi connectivity index (χ1v) is 6.50. The number of nitrogens with zero attached hydrogens (tertiary/aromatic N) is 3. The Balaban J connectivity index is 1.93. The molecule has 0 unspecified atom stereocenters. The van der Waals surface area contributed by atoms with Crippen molar-refractivity contribution < 1.29 is 9.90 Å². The molecule has 18 heavy (non-hydrogen) atoms. The Morgan fingerprint density at radius 1 is 1.39 bits per heavy atom. The summed E-state index contributed by atoms with van der Waals surface area (Å²) in [5.74, 6) is 1.42. The molecule has 1 N–H and O–H groups in total. The van der Waals surface area contributed by atoms with Gasteiger partial charge in [0.15, 0.2) is 0 Å². The standard InChI is InChI=1S/C13H17N3O2/c1-8-7-11(15-12(14-8)9-4-5-9)16-6-2-3-10(16)13(17)18/h7,9-10H,2-6H2,1H3,(H,17,18)/t10-/m1/s1. The third kappa shape index (κ3) is 2.05. The van der Waals surface area contributed by atoms with Gasteiger partial charge in [-0.2, -0.15) is 0 Å². The van der Waals surface area contributed by atoms with Gasteiger partial charge in [0, 0.05) is 24.2 Å². The molecule has 0 bridgehead atoms. The molecule has 1 saturated heterocycles. The lowest BCUT2D eigenvalue weighted by Crippen LogP contribution is -2.36. The smallest absolute Gasteiger partial charge is 0.326 e. The largest absolute Gasteiger partial charge is 0.480 e. The minimum Gasteiger partial charge on any atom is -0.480 e. The van der Waals surface area contributed by atoms with Gasteiger partial charge in [-0.1, -0.05) is 0 Å². The topological polar surface area (TPSA) is 66.3 Å². The van der Waals surface area contributed by atoms with Crippen molar-refractivity contribution in [3.05, 3.63) is 17.6 Å². The van der Waals surface area contributed by atoms with E-state index in [9.17, 15) is 9.90 Å². The summed E-state index contributed by atoms with van der Waals surface area (Å²) in [4.78, 5) is 22.1. The summed E-state index contributed by atoms with van der Waals surface area (Å²) in [5.41, 5.74) is 0.929. The van der Waals surface area contributed by atoms with Crippen molar-refractivity contribution in [2.24, 2.45) is 0 Å². The fraction of sp³-hybridized carbons (Fsp3) is 0.615. The van der Waals surface area contributed by atoms with Gasteiger partial charge in [0.05, 0.1) is 0 Å². The van der Waals surface area contributed by atoms with Gasteiger partial charge in [-0.15, -0.1) is 0 Å². The van der Waals surface area contributed by atoms with Crippen LogP contribution in [0.15, 0.2) is 6.07 Å². The maximum Gasteiger partial charge on any atom is 0.326 e. The first kappa shape index (κ1) is 11.4. The summed E-state index contributed by atoms with van der Waals surface area (Å²) in [6.45, 7) is 2.72. The first-order chi connectivity index (χ1) is 8.65. The summed E-state index contributed by atoms with van der Waals surface area (Å²) >= 11 is 0. The van der Waals surface area contributed by atoms with Crippen molar-refractivity contribution in [1.82, 2.24) is 9.97 Å². The third-order valence-electron chi connectivity index (χ3n) is 3.63. The van der Waals surface area contributed by atoms with E-state index in [4.69, 9.17) is 0 Å². The lowest BCUT2D eigenvalue weighted by atomic mass is 10.2. The summed E-state index contributed by atoms with van der Waals surface area (Å²) in [5, 5.41) is 9.22. The molecule has 0 aromatic carbocycles. The molecule has 96 valence electrons. The summed E-state index contributed by atoms with van der Waals surface area (Å²) < 4.78 is 0. The van der Waals surface area contributed by atoms with Crippen LogP contribution >= 0.6 is 0 Å². The predicted molar refractivity (Wildman–Crippen MR) is 66.7 cm³/mol. The van der Waals surface area contributed by atoms with E-state index in [2.05, 4.69) is 9.97 Å². The summed E-state index contributed by atoms with van der Waals surface area (Å²) in [6, 6.07) is 1.47. The van der Waals surface area contributed by atoms with Crippen LogP contribution in [0.2, 0.25) is 0 Å². The normalized spacial score (nSPS) is 23.4. The van der Waals surface area contributed by atoms with Crippen LogP contribution in [0.3, 0.4) is 0 Å². The molecule has 2 fully saturated rings. The van der Waals surface area contributed by atoms with Crippen molar-refractivity contribution in [2.45, 2.75) is 44.6 Å². The first-order valence-electron chi connectivity index (χ1n) is 6.50. The molecule has 0 radical (unpaired) electrons. The van der Waals surface area contributed by atoms with E-state index in [1.54, 1.807) is 0 Å². The van der Waals surface area contributed by atoms with Crippen LogP contribution in [0.25, 0.3) is 0 Å². The quantitative estimate of drug-likeness (QED) is 0.880. The molecule has 1 aromatic rings. The third-order valence-corrected chi connectivity index (χ3v) is 3.63. The molecule has 2 aliphatic rings. The van der Waals surface area contributed by atoms with E-state index in [-0.39, 0.29) is 0 Å². The zero-order valence-electron chi connectivity index (χ0n) is 10.5. The van der Waals surface area contributed by atoms with Crippen molar-refractivity contribution in [1.29, 1.82) is 0 Å². The number of aliphatic carboxylic acids is 1. The van der Waals surface area contributed by atoms with Crippen LogP contribution in [0.1, 0.15) is 43.1 Å². The minimum absolute atomic E-state index is 0.425. The average molecular weight is 247 g/mol. The van der Waals surface area contributed by atoms with Gasteiger partial charge in [-0.25, -0.2) is 14.8 Å². The Morgan fingerprint density at radius 3 is 2.83 bits per heavy atom. The molecule has 5 heteroatoms. The molecule has 0 spiro atoms. The zero-order chi connectivity index (χ0) is 12.7. The summed E-state index contributed by atoms with van der Waals surface area (Å²) in [6.07, 6.45) is 3.94. The van der Waals surface area contributed by atoms with Crippen molar-refractivity contribution >= 4 is 11.8 Å². The second kappa shape index (κ2) is 4.23. The maximum atomic E-state index is 11.2. The van der Waals surface area contributed by atoms with E-state index in [0.29, 0.717) is 12.3 Å². The molecule has 1 saturated carbocycles. The molecule has 5 nitrogen and oxygen atoms in total. The highest BCUT2D eigenvalue weighted by Gasteiger charge is 2.33. The molecule has 0 amide bonds. The number of rotatable bonds is 3. The minimum atomic E-state index is -0.753. The number of carboxylic acid groups (broad SMARTS) is 1. The van der Waals surface area contributed by atoms with Gasteiger partial charge in [-0.3, -0.25) is 0 Å². The van der Waals surface area contributed by atoms with Crippen molar-refractivity contribution in [2.75, 3.05) is 11.4 Å². The average Bonchev–Trinajstić information content (AvgIpc) is 3.05. The van der Waals surface area contributed by atoms with Crippen LogP contribution in [0, 0.1) is 6.92 Å². The second-order valence-corrected chi connectivity index (χ2v) is 5.19. The lowest BCUT2D eigenvalue weighted by molar-refractivity contribution is -0.138. The highest BCUT2D eigenvalue weighted by Crippen LogP contribution is 2.39. The number of carbonyl (C=O) groups is 1. The molecule has 2 heterocycles. The number of aromatic nitrogens is 2. The Morgan fingerprint density at radius 2 is 2.17 bits per heavy atom. The SMILES string of the molecule is Cc1cc(N2CCC[C@@H]2C(=O)O)nc(C2CC2)n1. The van der Waals surface area contributed by atoms with E-state index in [0.717, 1.165) is 43.1 Å². The molecular formula is C13H17N3O2. The van der Waals surface area contributed by atoms with Gasteiger partial charge >= 0.3 is 5.97 Å². The fourth-order valence-electron chi connectivity index (χ4n) is 2.54. The van der Waals surface area contributed by atoms with Gasteiger partial charge in [-0.05, 0) is 32.6 Å². The van der Waals surface area contributed by atoms with Crippen LogP contribution in [0.5, 0.6) is 0 Å². The van der Waals surface area contributed by atoms with Crippen molar-refractivity contribution in [3.8, 4) is 0 Å². The molecule has 1 aliphatic heterocycles. The Kier molecular flexibility index (Phi) is 2.69. The lowest BCUT2D eigenvalue weighted by Gasteiger charge is -2.23. The van der Waals surface area contributed by atoms with E-state index < -0.39 is 12.0 Å². The highest BCUT2D eigenvalue weighted by molar-refractivity contribution is 5.78. The van der Waals surface area contributed by atoms with Gasteiger partial charge in [0.25, 0.3) is 0 Å². The number of hydrogen-bond acceptors (Lipinski definition) is 4. The Hall–Kier alpha value is -1.65. The predicted octanol–water partition coefficient (Wildman–Crippen LogP) is 1.72. The molecule has 1 aliphatic carbocycles. The van der Waals surface area contributed by atoms with E-state index >= 15 is 0 Å². The van der Waals surface area contributed by atoms with Crippen molar-refractivity contribution in [3.63, 3.8) is 0 Å². The highest BCUT2D eigenvalue weighted by atomic mass is 16.4. The van der Waals surface area contributed by atoms with Crippen LogP contribution in [-0.2, 0) is 4.79 Å². The van der Waals surface area contributed by atoms with E-state index in [1.807, 2.05) is 17.9 Å². The van der Waals surface area contributed by atoms with Crippen LogP contribution in [0.4, 0.5) is 5.82 Å². The Bertz CT molecular complexity index is 485. The number of anilines is 1. The van der Waals surface area contributed by atoms with E-state index in [1.165, 1.54) is 0 Å². The maximum absolute atomic E-state index is 11.2. The monoisotopic (exact) mass is 247 g/mol. The summed E-state index contributed by atoms with van der Waals surface area (Å²) in [7, 11) is 0. The Labute approximate surface area is 106 Å². The zero-order valence-corrected chi connectivity index (χ0v) is 10.5. The van der Waals surface area contributed by atoms with Crippen LogP contribution < -0.4 is 4.90 Å². The van der Waals surface area contributed by atoms with Gasteiger partial charge < -0.3 is 10.0 Å². The fourth-order valence-corrected chi connectivity index (χ4v) is 2.54. The number of carboxylic acids is 1. The van der Waals surface area contributed by atoms with Gasteiger partial charge in [0.2, 0.25) is 0 Å². The molecule has 3 rings (SSSR count). The number of aryl methyl sites for hydroxylation is 1. The molecule has 1 aromatic heterocycles. The molecule has 1 atom stereocenters. The molecular weight excluding hydrogens is 230 g/mol.